The van der Waals surface area contributed by atoms with E-state index in [0.29, 0.717) is 26.8 Å². The number of halogens is 2. The lowest BCUT2D eigenvalue weighted by atomic mass is 10.3. The van der Waals surface area contributed by atoms with Crippen LogP contribution in [-0.4, -0.2) is 20.2 Å². The van der Waals surface area contributed by atoms with Crippen LogP contribution in [-0.2, 0) is 0 Å². The van der Waals surface area contributed by atoms with Crippen molar-refractivity contribution in [3.8, 4) is 11.6 Å². The number of nitrogens with zero attached hydrogens (tertiary/aromatic N) is 3. The van der Waals surface area contributed by atoms with Crippen LogP contribution in [0.3, 0.4) is 0 Å². The zero-order chi connectivity index (χ0) is 13.4. The van der Waals surface area contributed by atoms with Gasteiger partial charge in [-0.25, -0.2) is 0 Å². The highest BCUT2D eigenvalue weighted by Gasteiger charge is 2.12. The molecule has 0 saturated carbocycles. The summed E-state index contributed by atoms with van der Waals surface area (Å²) in [7, 11) is 0. The van der Waals surface area contributed by atoms with Gasteiger partial charge < -0.3 is 10.5 Å². The summed E-state index contributed by atoms with van der Waals surface area (Å²) in [5, 5.41) is 8.08. The summed E-state index contributed by atoms with van der Waals surface area (Å²) in [6.07, 6.45) is 1.54. The van der Waals surface area contributed by atoms with Gasteiger partial charge in [0.1, 0.15) is 11.1 Å². The molecular formula is C11H7Cl2N5O. The van der Waals surface area contributed by atoms with Crippen LogP contribution in [0.2, 0.25) is 10.0 Å². The molecule has 6 nitrogen and oxygen atoms in total. The van der Waals surface area contributed by atoms with Crippen LogP contribution in [0.25, 0.3) is 11.0 Å². The lowest BCUT2D eigenvalue weighted by Crippen LogP contribution is -1.98. The second-order valence-electron chi connectivity index (χ2n) is 3.70. The van der Waals surface area contributed by atoms with Gasteiger partial charge in [-0.3, -0.25) is 5.10 Å². The van der Waals surface area contributed by atoms with Crippen molar-refractivity contribution in [2.75, 3.05) is 5.73 Å². The fraction of sp³-hybridized carbons (Fsp3) is 0. The summed E-state index contributed by atoms with van der Waals surface area (Å²) < 4.78 is 5.63. The summed E-state index contributed by atoms with van der Waals surface area (Å²) in [6.45, 7) is 0. The monoisotopic (exact) mass is 295 g/mol. The topological polar surface area (TPSA) is 89.7 Å². The molecule has 0 amide bonds. The van der Waals surface area contributed by atoms with Crippen molar-refractivity contribution < 1.29 is 4.74 Å². The second kappa shape index (κ2) is 4.56. The number of nitrogens with one attached hydrogen (secondary N) is 1. The maximum atomic E-state index is 6.03. The number of anilines is 1. The Bertz CT molecular complexity index is 758. The quantitative estimate of drug-likeness (QED) is 0.758. The Balaban J connectivity index is 2.10. The molecule has 0 saturated heterocycles. The predicted octanol–water partition coefficient (Wildman–Crippen LogP) is 3.03. The van der Waals surface area contributed by atoms with E-state index in [2.05, 4.69) is 20.2 Å². The number of aromatic amines is 1. The third-order valence-electron chi connectivity index (χ3n) is 2.39. The summed E-state index contributed by atoms with van der Waals surface area (Å²) in [4.78, 5) is 8.01. The molecular weight excluding hydrogens is 289 g/mol. The maximum Gasteiger partial charge on any atom is 0.235 e. The Hall–Kier alpha value is -2.05. The van der Waals surface area contributed by atoms with Crippen molar-refractivity contribution in [2.45, 2.75) is 0 Å². The second-order valence-corrected chi connectivity index (χ2v) is 4.54. The molecule has 0 radical (unpaired) electrons. The molecule has 1 aromatic carbocycles. The van der Waals surface area contributed by atoms with Crippen molar-refractivity contribution in [2.24, 2.45) is 0 Å². The normalized spacial score (nSPS) is 10.8. The Morgan fingerprint density at radius 1 is 1.21 bits per heavy atom. The van der Waals surface area contributed by atoms with E-state index in [1.54, 1.807) is 24.4 Å². The smallest absolute Gasteiger partial charge is 0.235 e. The number of H-pyrrole nitrogens is 1. The van der Waals surface area contributed by atoms with Crippen molar-refractivity contribution in [3.05, 3.63) is 34.4 Å². The fourth-order valence-electron chi connectivity index (χ4n) is 1.56. The molecule has 0 bridgehead atoms. The summed E-state index contributed by atoms with van der Waals surface area (Å²) in [5.74, 6) is 0.722. The Kier molecular flexibility index (Phi) is 2.88. The molecule has 0 fully saturated rings. The third-order valence-corrected chi connectivity index (χ3v) is 2.94. The molecule has 8 heteroatoms. The molecule has 2 heterocycles. The number of fused-ring (bicyclic) bond motifs is 1. The molecule has 0 aliphatic rings. The van der Waals surface area contributed by atoms with Crippen LogP contribution in [0.5, 0.6) is 11.6 Å². The molecule has 3 aromatic rings. The van der Waals surface area contributed by atoms with Gasteiger partial charge in [0, 0.05) is 11.1 Å². The van der Waals surface area contributed by atoms with Gasteiger partial charge in [0.15, 0.2) is 5.65 Å². The van der Waals surface area contributed by atoms with Crippen LogP contribution < -0.4 is 10.5 Å². The highest BCUT2D eigenvalue weighted by Crippen LogP contribution is 2.33. The minimum atomic E-state index is 0.0740. The van der Waals surface area contributed by atoms with Crippen LogP contribution >= 0.6 is 23.2 Å². The van der Waals surface area contributed by atoms with Crippen molar-refractivity contribution in [1.82, 2.24) is 20.2 Å². The van der Waals surface area contributed by atoms with E-state index in [-0.39, 0.29) is 11.8 Å². The van der Waals surface area contributed by atoms with Gasteiger partial charge in [0.2, 0.25) is 11.8 Å². The molecule has 0 spiro atoms. The number of aromatic nitrogens is 4. The molecule has 19 heavy (non-hydrogen) atoms. The molecule has 0 atom stereocenters. The molecule has 96 valence electrons. The third kappa shape index (κ3) is 2.27. The minimum Gasteiger partial charge on any atom is -0.436 e. The summed E-state index contributed by atoms with van der Waals surface area (Å²) in [5.41, 5.74) is 6.08. The van der Waals surface area contributed by atoms with Gasteiger partial charge in [-0.05, 0) is 12.1 Å². The average molecular weight is 296 g/mol. The highest BCUT2D eigenvalue weighted by molar-refractivity contribution is 6.34. The van der Waals surface area contributed by atoms with Gasteiger partial charge in [-0.15, -0.1) is 0 Å². The number of nitrogen functional groups attached to an aromatic ring is 1. The highest BCUT2D eigenvalue weighted by atomic mass is 35.5. The minimum absolute atomic E-state index is 0.0740. The van der Waals surface area contributed by atoms with E-state index in [1.807, 2.05) is 0 Å². The molecule has 0 unspecified atom stereocenters. The standard InChI is InChI=1S/C11H7Cl2N5O/c12-5-1-2-7(13)8(3-5)19-10-6-4-15-18-9(6)16-11(14)17-10/h1-4H,(H3,14,15,16,17,18). The first-order valence-electron chi connectivity index (χ1n) is 5.23. The Morgan fingerprint density at radius 2 is 2.05 bits per heavy atom. The molecule has 3 rings (SSSR count). The zero-order valence-corrected chi connectivity index (χ0v) is 10.9. The van der Waals surface area contributed by atoms with Crippen molar-refractivity contribution >= 4 is 40.2 Å². The van der Waals surface area contributed by atoms with Crippen molar-refractivity contribution in [1.29, 1.82) is 0 Å². The van der Waals surface area contributed by atoms with Crippen molar-refractivity contribution in [3.63, 3.8) is 0 Å². The zero-order valence-electron chi connectivity index (χ0n) is 9.39. The first-order chi connectivity index (χ1) is 9.13. The first-order valence-corrected chi connectivity index (χ1v) is 5.98. The number of rotatable bonds is 2. The van der Waals surface area contributed by atoms with Gasteiger partial charge in [-0.2, -0.15) is 15.1 Å². The molecule has 3 N–H and O–H groups in total. The van der Waals surface area contributed by atoms with Crippen LogP contribution in [0, 0.1) is 0 Å². The van der Waals surface area contributed by atoms with Crippen LogP contribution in [0.4, 0.5) is 5.95 Å². The predicted molar refractivity (Wildman–Crippen MR) is 72.6 cm³/mol. The van der Waals surface area contributed by atoms with Gasteiger partial charge in [0.05, 0.1) is 11.2 Å². The van der Waals surface area contributed by atoms with E-state index in [0.717, 1.165) is 0 Å². The first kappa shape index (κ1) is 12.0. The molecule has 0 aliphatic heterocycles. The number of hydrogen-bond donors (Lipinski definition) is 2. The molecule has 0 aliphatic carbocycles. The SMILES string of the molecule is Nc1nc(Oc2cc(Cl)ccc2Cl)c2cn[nH]c2n1. The number of benzene rings is 1. The number of nitrogens with two attached hydrogens (primary N) is 1. The average Bonchev–Trinajstić information content (AvgIpc) is 2.82. The lowest BCUT2D eigenvalue weighted by molar-refractivity contribution is 0.469. The van der Waals surface area contributed by atoms with Gasteiger partial charge in [-0.1, -0.05) is 23.2 Å². The largest absolute Gasteiger partial charge is 0.436 e. The maximum absolute atomic E-state index is 6.03. The van der Waals surface area contributed by atoms with E-state index in [9.17, 15) is 0 Å². The van der Waals surface area contributed by atoms with E-state index in [4.69, 9.17) is 33.7 Å². The lowest BCUT2D eigenvalue weighted by Gasteiger charge is -2.08. The van der Waals surface area contributed by atoms with Gasteiger partial charge in [0.25, 0.3) is 0 Å². The summed E-state index contributed by atoms with van der Waals surface area (Å²) in [6, 6.07) is 4.89. The van der Waals surface area contributed by atoms with E-state index in [1.165, 1.54) is 0 Å². The number of ether oxygens (including phenoxy) is 1. The van der Waals surface area contributed by atoms with Crippen LogP contribution in [0.1, 0.15) is 0 Å². The van der Waals surface area contributed by atoms with E-state index < -0.39 is 0 Å². The fourth-order valence-corrected chi connectivity index (χ4v) is 1.88. The Labute approximate surface area is 117 Å². The molecule has 2 aromatic heterocycles. The number of hydrogen-bond acceptors (Lipinski definition) is 5. The Morgan fingerprint density at radius 3 is 2.89 bits per heavy atom. The van der Waals surface area contributed by atoms with Gasteiger partial charge >= 0.3 is 0 Å². The van der Waals surface area contributed by atoms with Crippen LogP contribution in [0.15, 0.2) is 24.4 Å². The van der Waals surface area contributed by atoms with E-state index >= 15 is 0 Å². The summed E-state index contributed by atoms with van der Waals surface area (Å²) >= 11 is 11.9.